The third kappa shape index (κ3) is 8.90. The van der Waals surface area contributed by atoms with Crippen LogP contribution in [0.5, 0.6) is 11.6 Å². The zero-order chi connectivity index (χ0) is 44.8. The molecule has 7 rings (SSSR count). The van der Waals surface area contributed by atoms with Gasteiger partial charge in [0.05, 0.1) is 25.0 Å². The molecule has 15 nitrogen and oxygen atoms in total. The number of allylic oxidation sites excluding steroid dienone is 1. The summed E-state index contributed by atoms with van der Waals surface area (Å²) in [5.74, 6) is -7.91. The fourth-order valence-electron chi connectivity index (χ4n) is 8.81. The predicted molar refractivity (Wildman–Crippen MR) is 214 cm³/mol. The standard InChI is InChI=1S/C42H53F4N5O10S/c1-5-25-18-24(2)10-6-7-11-27-22-40(27,37(54)50-62(56,57)39(3)14-15-39)49-34(52)31-20-28(60-35-29-21-30(43)32(58-4)19-26(29)12-16-47-35)23-51(31)36(53)33(25)48-38(55)61-41(42(44,45)46)13-8-9-17-59-41/h7,11-12,16,19,21,24-25,27-28,31,33H,5-6,8-10,13-15,17-18,20,22-23H2,1-4H3,(H,48,55)(H,49,52)(H,50,54)/b11-7-/t24-,25-,27?,28-,31+,33+,40-,41?/m1/s1. The van der Waals surface area contributed by atoms with Gasteiger partial charge in [-0.05, 0) is 93.7 Å². The summed E-state index contributed by atoms with van der Waals surface area (Å²) in [7, 11) is -2.80. The molecule has 62 heavy (non-hydrogen) atoms. The number of benzene rings is 1. The average molecular weight is 896 g/mol. The second-order valence-electron chi connectivity index (χ2n) is 17.5. The van der Waals surface area contributed by atoms with E-state index >= 15 is 4.79 Å². The van der Waals surface area contributed by atoms with Crippen molar-refractivity contribution in [3.8, 4) is 11.6 Å². The lowest BCUT2D eigenvalue weighted by molar-refractivity contribution is -0.372. The number of hydrogen-bond acceptors (Lipinski definition) is 11. The molecule has 4 heterocycles. The van der Waals surface area contributed by atoms with Gasteiger partial charge in [0.2, 0.25) is 27.7 Å². The SMILES string of the molecule is CC[C@@H]1C[C@H](C)CC/C=C\C2C[C@@]2(C(=O)NS(=O)(=O)C2(C)CC2)NC(=O)[C@@H]2C[C@@H](Oc3nccc4cc(OC)c(F)cc34)CN2C(=O)[C@H]1NC(=O)OC1(C(F)(F)F)CCCCO1. The monoisotopic (exact) mass is 895 g/mol. The molecule has 2 unspecified atom stereocenters. The number of aromatic nitrogens is 1. The molecule has 4 amide bonds. The zero-order valence-corrected chi connectivity index (χ0v) is 35.8. The highest BCUT2D eigenvalue weighted by molar-refractivity contribution is 7.91. The summed E-state index contributed by atoms with van der Waals surface area (Å²) in [6.45, 7) is 4.62. The van der Waals surface area contributed by atoms with Crippen molar-refractivity contribution in [1.82, 2.24) is 25.2 Å². The van der Waals surface area contributed by atoms with Crippen LogP contribution in [-0.2, 0) is 33.9 Å². The number of carbonyl (C=O) groups excluding carboxylic acids is 4. The molecule has 4 fully saturated rings. The fourth-order valence-corrected chi connectivity index (χ4v) is 10.1. The van der Waals surface area contributed by atoms with Crippen LogP contribution in [0.3, 0.4) is 0 Å². The molecule has 2 aliphatic carbocycles. The molecule has 340 valence electrons. The van der Waals surface area contributed by atoms with Crippen LogP contribution in [0.4, 0.5) is 22.4 Å². The highest BCUT2D eigenvalue weighted by atomic mass is 32.2. The average Bonchev–Trinajstić information content (AvgIpc) is 4.10. The maximum atomic E-state index is 15.0. The number of ether oxygens (including phenoxy) is 4. The van der Waals surface area contributed by atoms with Crippen LogP contribution < -0.4 is 24.8 Å². The molecule has 5 aliphatic rings. The first kappa shape index (κ1) is 45.3. The highest BCUT2D eigenvalue weighted by Crippen LogP contribution is 2.48. The van der Waals surface area contributed by atoms with Crippen molar-refractivity contribution >= 4 is 44.6 Å². The number of rotatable bonds is 9. The third-order valence-electron chi connectivity index (χ3n) is 13.1. The third-order valence-corrected chi connectivity index (χ3v) is 15.2. The molecule has 1 aromatic heterocycles. The number of methoxy groups -OCH3 is 1. The van der Waals surface area contributed by atoms with Gasteiger partial charge in [-0.1, -0.05) is 32.4 Å². The number of sulfonamides is 1. The van der Waals surface area contributed by atoms with Gasteiger partial charge < -0.3 is 34.5 Å². The Hall–Kier alpha value is -4.72. The Balaban J connectivity index is 1.24. The van der Waals surface area contributed by atoms with Crippen LogP contribution in [-0.4, -0.2) is 103 Å². The fraction of sp³-hybridized carbons (Fsp3) is 0.643. The van der Waals surface area contributed by atoms with Gasteiger partial charge in [0.15, 0.2) is 11.6 Å². The number of pyridine rings is 1. The maximum absolute atomic E-state index is 15.0. The normalized spacial score (nSPS) is 31.9. The summed E-state index contributed by atoms with van der Waals surface area (Å²) in [6, 6.07) is 1.31. The Kier molecular flexibility index (Phi) is 12.5. The quantitative estimate of drug-likeness (QED) is 0.211. The van der Waals surface area contributed by atoms with E-state index in [0.29, 0.717) is 43.9 Å². The van der Waals surface area contributed by atoms with E-state index in [0.717, 1.165) is 4.90 Å². The van der Waals surface area contributed by atoms with Crippen LogP contribution in [0.1, 0.15) is 91.4 Å². The number of nitrogens with zero attached hydrogens (tertiary/aromatic N) is 2. The molecule has 1 aromatic carbocycles. The topological polar surface area (TPSA) is 192 Å². The van der Waals surface area contributed by atoms with Gasteiger partial charge in [0, 0.05) is 30.3 Å². The minimum absolute atomic E-state index is 0.0259. The van der Waals surface area contributed by atoms with Crippen molar-refractivity contribution in [2.75, 3.05) is 20.3 Å². The first-order chi connectivity index (χ1) is 29.2. The van der Waals surface area contributed by atoms with E-state index in [1.807, 2.05) is 13.0 Å². The van der Waals surface area contributed by atoms with E-state index in [9.17, 15) is 40.4 Å². The zero-order valence-electron chi connectivity index (χ0n) is 35.0. The van der Waals surface area contributed by atoms with Crippen LogP contribution in [0.2, 0.25) is 0 Å². The first-order valence-electron chi connectivity index (χ1n) is 21.1. The molecule has 3 N–H and O–H groups in total. The van der Waals surface area contributed by atoms with E-state index in [2.05, 4.69) is 20.3 Å². The van der Waals surface area contributed by atoms with E-state index in [1.54, 1.807) is 19.1 Å². The number of fused-ring (bicyclic) bond motifs is 3. The molecule has 8 atom stereocenters. The van der Waals surface area contributed by atoms with Crippen LogP contribution >= 0.6 is 0 Å². The van der Waals surface area contributed by atoms with E-state index < -0.39 is 98.3 Å². The number of amides is 4. The van der Waals surface area contributed by atoms with Gasteiger partial charge >= 0.3 is 18.1 Å². The number of hydrogen-bond donors (Lipinski definition) is 3. The van der Waals surface area contributed by atoms with Gasteiger partial charge in [-0.15, -0.1) is 0 Å². The lowest BCUT2D eigenvalue weighted by Crippen LogP contribution is -2.60. The number of halogens is 4. The van der Waals surface area contributed by atoms with E-state index in [4.69, 9.17) is 18.9 Å². The summed E-state index contributed by atoms with van der Waals surface area (Å²) in [5, 5.41) is 5.97. The van der Waals surface area contributed by atoms with Crippen LogP contribution in [0.15, 0.2) is 36.5 Å². The summed E-state index contributed by atoms with van der Waals surface area (Å²) in [4.78, 5) is 62.7. The van der Waals surface area contributed by atoms with Crippen molar-refractivity contribution in [2.24, 2.45) is 17.8 Å². The number of nitrogens with one attached hydrogen (secondary N) is 3. The Labute approximate surface area is 357 Å². The summed E-state index contributed by atoms with van der Waals surface area (Å²) < 4.78 is 107. The van der Waals surface area contributed by atoms with E-state index in [-0.39, 0.29) is 61.8 Å². The molecule has 20 heteroatoms. The van der Waals surface area contributed by atoms with Crippen molar-refractivity contribution in [2.45, 2.75) is 132 Å². The minimum atomic E-state index is -5.09. The summed E-state index contributed by atoms with van der Waals surface area (Å²) in [6.07, 6.45) is -0.546. The lowest BCUT2D eigenvalue weighted by Gasteiger charge is -2.38. The largest absolute Gasteiger partial charge is 0.494 e. The molecular weight excluding hydrogens is 843 g/mol. The second-order valence-corrected chi connectivity index (χ2v) is 19.7. The Bertz CT molecular complexity index is 2220. The number of alkyl carbamates (subject to hydrolysis) is 1. The smallest absolute Gasteiger partial charge is 0.455 e. The predicted octanol–water partition coefficient (Wildman–Crippen LogP) is 5.56. The van der Waals surface area contributed by atoms with Gasteiger partial charge in [-0.25, -0.2) is 22.6 Å². The Morgan fingerprint density at radius 3 is 2.55 bits per heavy atom. The first-order valence-corrected chi connectivity index (χ1v) is 22.6. The minimum Gasteiger partial charge on any atom is -0.494 e. The molecule has 0 radical (unpaired) electrons. The van der Waals surface area contributed by atoms with Crippen LogP contribution in [0, 0.1) is 23.6 Å². The molecule has 2 saturated carbocycles. The lowest BCUT2D eigenvalue weighted by atomic mass is 9.85. The Morgan fingerprint density at radius 2 is 1.89 bits per heavy atom. The highest BCUT2D eigenvalue weighted by Gasteiger charge is 2.64. The molecule has 0 bridgehead atoms. The molecule has 2 saturated heterocycles. The van der Waals surface area contributed by atoms with E-state index in [1.165, 1.54) is 32.4 Å². The molecule has 3 aliphatic heterocycles. The molecule has 2 aromatic rings. The van der Waals surface area contributed by atoms with Gasteiger partial charge in [-0.3, -0.25) is 19.1 Å². The maximum Gasteiger partial charge on any atom is 0.455 e. The van der Waals surface area contributed by atoms with Gasteiger partial charge in [0.1, 0.15) is 23.7 Å². The Morgan fingerprint density at radius 1 is 1.13 bits per heavy atom. The van der Waals surface area contributed by atoms with Crippen molar-refractivity contribution in [3.05, 3.63) is 42.4 Å². The van der Waals surface area contributed by atoms with Crippen LogP contribution in [0.25, 0.3) is 10.8 Å². The van der Waals surface area contributed by atoms with Crippen molar-refractivity contribution in [3.63, 3.8) is 0 Å². The van der Waals surface area contributed by atoms with Crippen molar-refractivity contribution in [1.29, 1.82) is 0 Å². The number of carbonyl (C=O) groups is 4. The molecular formula is C42H53F4N5O10S. The summed E-state index contributed by atoms with van der Waals surface area (Å²) >= 11 is 0. The molecule has 0 spiro atoms. The summed E-state index contributed by atoms with van der Waals surface area (Å²) in [5.41, 5.74) is -1.70. The second kappa shape index (κ2) is 17.1. The van der Waals surface area contributed by atoms with Crippen molar-refractivity contribution < 1.29 is 64.1 Å². The number of alkyl halides is 3. The van der Waals surface area contributed by atoms with Gasteiger partial charge in [-0.2, -0.15) is 13.2 Å². The van der Waals surface area contributed by atoms with Gasteiger partial charge in [0.25, 0.3) is 5.91 Å².